The average Bonchev–Trinajstić information content (AvgIpc) is 2.18. The van der Waals surface area contributed by atoms with Gasteiger partial charge in [0.05, 0.1) is 4.47 Å². The SMILES string of the molecule is CC(C)CCNCc1cccc(Br)c1O. The van der Waals surface area contributed by atoms with Crippen molar-refractivity contribution in [3.63, 3.8) is 0 Å². The summed E-state index contributed by atoms with van der Waals surface area (Å²) in [7, 11) is 0. The summed E-state index contributed by atoms with van der Waals surface area (Å²) in [6.07, 6.45) is 1.16. The number of benzene rings is 1. The topological polar surface area (TPSA) is 32.3 Å². The average molecular weight is 272 g/mol. The summed E-state index contributed by atoms with van der Waals surface area (Å²) in [5.41, 5.74) is 0.938. The first kappa shape index (κ1) is 12.5. The Morgan fingerprint density at radius 3 is 2.80 bits per heavy atom. The number of phenolic OH excluding ortho intramolecular Hbond substituents is 1. The van der Waals surface area contributed by atoms with Crippen molar-refractivity contribution >= 4 is 15.9 Å². The first-order valence-electron chi connectivity index (χ1n) is 5.28. The molecule has 0 spiro atoms. The van der Waals surface area contributed by atoms with Gasteiger partial charge in [-0.2, -0.15) is 0 Å². The lowest BCUT2D eigenvalue weighted by Crippen LogP contribution is -2.16. The van der Waals surface area contributed by atoms with Crippen LogP contribution in [0.4, 0.5) is 0 Å². The van der Waals surface area contributed by atoms with E-state index in [1.807, 2.05) is 18.2 Å². The van der Waals surface area contributed by atoms with E-state index in [0.29, 0.717) is 11.7 Å². The molecule has 0 bridgehead atoms. The van der Waals surface area contributed by atoms with Crippen molar-refractivity contribution in [3.8, 4) is 5.75 Å². The number of halogens is 1. The van der Waals surface area contributed by atoms with Crippen LogP contribution in [0, 0.1) is 5.92 Å². The highest BCUT2D eigenvalue weighted by Crippen LogP contribution is 2.27. The molecule has 0 unspecified atom stereocenters. The highest BCUT2D eigenvalue weighted by molar-refractivity contribution is 9.10. The molecule has 0 aromatic heterocycles. The van der Waals surface area contributed by atoms with Gasteiger partial charge in [-0.15, -0.1) is 0 Å². The Balaban J connectivity index is 2.41. The molecule has 1 aromatic rings. The molecule has 0 aliphatic carbocycles. The predicted octanol–water partition coefficient (Wildman–Crippen LogP) is 3.29. The number of para-hydroxylation sites is 1. The lowest BCUT2D eigenvalue weighted by atomic mass is 10.1. The van der Waals surface area contributed by atoms with E-state index in [1.165, 1.54) is 0 Å². The second-order valence-corrected chi connectivity index (χ2v) is 4.96. The molecule has 0 saturated heterocycles. The van der Waals surface area contributed by atoms with Crippen molar-refractivity contribution in [1.82, 2.24) is 5.32 Å². The first-order chi connectivity index (χ1) is 7.11. The standard InChI is InChI=1S/C12H18BrNO/c1-9(2)6-7-14-8-10-4-3-5-11(13)12(10)15/h3-5,9,14-15H,6-8H2,1-2H3. The second-order valence-electron chi connectivity index (χ2n) is 4.11. The van der Waals surface area contributed by atoms with Gasteiger partial charge in [-0.3, -0.25) is 0 Å². The summed E-state index contributed by atoms with van der Waals surface area (Å²) in [5, 5.41) is 13.0. The van der Waals surface area contributed by atoms with Crippen molar-refractivity contribution < 1.29 is 5.11 Å². The van der Waals surface area contributed by atoms with E-state index in [-0.39, 0.29) is 0 Å². The molecule has 0 aliphatic rings. The molecule has 0 amide bonds. The number of aromatic hydroxyl groups is 1. The van der Waals surface area contributed by atoms with Crippen molar-refractivity contribution in [2.45, 2.75) is 26.8 Å². The number of hydrogen-bond acceptors (Lipinski definition) is 2. The molecule has 0 fully saturated rings. The Hall–Kier alpha value is -0.540. The molecule has 0 aliphatic heterocycles. The molecular formula is C12H18BrNO. The number of hydrogen-bond donors (Lipinski definition) is 2. The fourth-order valence-electron chi connectivity index (χ4n) is 1.32. The third-order valence-electron chi connectivity index (χ3n) is 2.28. The molecule has 84 valence electrons. The summed E-state index contributed by atoms with van der Waals surface area (Å²) in [4.78, 5) is 0. The van der Waals surface area contributed by atoms with Gasteiger partial charge in [0.1, 0.15) is 5.75 Å². The van der Waals surface area contributed by atoms with Crippen LogP contribution in [0.1, 0.15) is 25.8 Å². The van der Waals surface area contributed by atoms with Crippen molar-refractivity contribution in [2.24, 2.45) is 5.92 Å². The Morgan fingerprint density at radius 2 is 2.13 bits per heavy atom. The van der Waals surface area contributed by atoms with Gasteiger partial charge in [-0.25, -0.2) is 0 Å². The third kappa shape index (κ3) is 4.22. The Morgan fingerprint density at radius 1 is 1.40 bits per heavy atom. The van der Waals surface area contributed by atoms with Gasteiger partial charge >= 0.3 is 0 Å². The highest BCUT2D eigenvalue weighted by atomic mass is 79.9. The minimum atomic E-state index is 0.342. The van der Waals surface area contributed by atoms with Gasteiger partial charge in [0.2, 0.25) is 0 Å². The normalized spacial score (nSPS) is 10.9. The zero-order chi connectivity index (χ0) is 11.3. The smallest absolute Gasteiger partial charge is 0.134 e. The van der Waals surface area contributed by atoms with Gasteiger partial charge in [0.25, 0.3) is 0 Å². The summed E-state index contributed by atoms with van der Waals surface area (Å²) in [5.74, 6) is 1.06. The molecule has 15 heavy (non-hydrogen) atoms. The largest absolute Gasteiger partial charge is 0.506 e. The van der Waals surface area contributed by atoms with E-state index >= 15 is 0 Å². The number of nitrogens with one attached hydrogen (secondary N) is 1. The zero-order valence-electron chi connectivity index (χ0n) is 9.26. The molecule has 1 rings (SSSR count). The summed E-state index contributed by atoms with van der Waals surface area (Å²) in [6.45, 7) is 6.12. The highest BCUT2D eigenvalue weighted by Gasteiger charge is 2.03. The summed E-state index contributed by atoms with van der Waals surface area (Å²) in [6, 6.07) is 5.71. The summed E-state index contributed by atoms with van der Waals surface area (Å²) < 4.78 is 0.755. The van der Waals surface area contributed by atoms with Crippen LogP contribution in [0.2, 0.25) is 0 Å². The monoisotopic (exact) mass is 271 g/mol. The molecule has 0 saturated carbocycles. The maximum absolute atomic E-state index is 9.72. The van der Waals surface area contributed by atoms with E-state index in [4.69, 9.17) is 0 Å². The molecular weight excluding hydrogens is 254 g/mol. The zero-order valence-corrected chi connectivity index (χ0v) is 10.8. The Kier molecular flexibility index (Phi) is 5.12. The van der Waals surface area contributed by atoms with Gasteiger partial charge < -0.3 is 10.4 Å². The predicted molar refractivity (Wildman–Crippen MR) is 67.0 cm³/mol. The fraction of sp³-hybridized carbons (Fsp3) is 0.500. The van der Waals surface area contributed by atoms with E-state index < -0.39 is 0 Å². The number of rotatable bonds is 5. The maximum Gasteiger partial charge on any atom is 0.134 e. The van der Waals surface area contributed by atoms with E-state index in [0.717, 1.165) is 29.5 Å². The fourth-order valence-corrected chi connectivity index (χ4v) is 1.72. The minimum Gasteiger partial charge on any atom is -0.506 e. The van der Waals surface area contributed by atoms with Crippen LogP contribution in [0.15, 0.2) is 22.7 Å². The van der Waals surface area contributed by atoms with Crippen LogP contribution in [-0.4, -0.2) is 11.7 Å². The lowest BCUT2D eigenvalue weighted by molar-refractivity contribution is 0.458. The van der Waals surface area contributed by atoms with Crippen LogP contribution in [0.25, 0.3) is 0 Å². The summed E-state index contributed by atoms with van der Waals surface area (Å²) >= 11 is 3.30. The van der Waals surface area contributed by atoms with Gasteiger partial charge in [-0.1, -0.05) is 26.0 Å². The van der Waals surface area contributed by atoms with Crippen molar-refractivity contribution in [3.05, 3.63) is 28.2 Å². The third-order valence-corrected chi connectivity index (χ3v) is 2.92. The van der Waals surface area contributed by atoms with Crippen LogP contribution in [-0.2, 0) is 6.54 Å². The molecule has 1 aromatic carbocycles. The van der Waals surface area contributed by atoms with Gasteiger partial charge in [-0.05, 0) is 40.9 Å². The molecule has 0 atom stereocenters. The van der Waals surface area contributed by atoms with E-state index in [9.17, 15) is 5.11 Å². The Bertz CT molecular complexity index is 312. The van der Waals surface area contributed by atoms with E-state index in [1.54, 1.807) is 0 Å². The molecule has 2 N–H and O–H groups in total. The lowest BCUT2D eigenvalue weighted by Gasteiger charge is -2.09. The molecule has 0 radical (unpaired) electrons. The van der Waals surface area contributed by atoms with Crippen LogP contribution < -0.4 is 5.32 Å². The van der Waals surface area contributed by atoms with Crippen molar-refractivity contribution in [1.29, 1.82) is 0 Å². The molecule has 2 nitrogen and oxygen atoms in total. The van der Waals surface area contributed by atoms with Crippen LogP contribution in [0.5, 0.6) is 5.75 Å². The first-order valence-corrected chi connectivity index (χ1v) is 6.07. The minimum absolute atomic E-state index is 0.342. The number of phenols is 1. The quantitative estimate of drug-likeness (QED) is 0.806. The molecule has 3 heteroatoms. The second kappa shape index (κ2) is 6.13. The van der Waals surface area contributed by atoms with Crippen LogP contribution in [0.3, 0.4) is 0 Å². The van der Waals surface area contributed by atoms with E-state index in [2.05, 4.69) is 35.1 Å². The van der Waals surface area contributed by atoms with Crippen molar-refractivity contribution in [2.75, 3.05) is 6.54 Å². The molecule has 0 heterocycles. The van der Waals surface area contributed by atoms with Gasteiger partial charge in [0.15, 0.2) is 0 Å². The van der Waals surface area contributed by atoms with Crippen LogP contribution >= 0.6 is 15.9 Å². The Labute approximate surface area is 99.8 Å². The maximum atomic E-state index is 9.72. The van der Waals surface area contributed by atoms with Gasteiger partial charge in [0, 0.05) is 12.1 Å².